The Morgan fingerprint density at radius 1 is 0.970 bits per heavy atom. The minimum Gasteiger partial charge on any atom is -0.496 e. The van der Waals surface area contributed by atoms with Crippen molar-refractivity contribution in [3.63, 3.8) is 0 Å². The van der Waals surface area contributed by atoms with Gasteiger partial charge in [-0.25, -0.2) is 4.79 Å². The van der Waals surface area contributed by atoms with E-state index in [1.165, 1.54) is 68.0 Å². The number of anilines is 1. The highest BCUT2D eigenvalue weighted by atomic mass is 16.5. The summed E-state index contributed by atoms with van der Waals surface area (Å²) in [6, 6.07) is 13.2. The van der Waals surface area contributed by atoms with Crippen LogP contribution in [-0.2, 0) is 16.6 Å². The SMILES string of the molecule is COC(=O)c1ccc2c(c1)CCN(c1ccc(OC)c(C34CC5CC(CC(C5)C3)C4)c1)C2C. The van der Waals surface area contributed by atoms with E-state index < -0.39 is 0 Å². The second kappa shape index (κ2) is 7.78. The van der Waals surface area contributed by atoms with E-state index >= 15 is 0 Å². The average molecular weight is 446 g/mol. The Hall–Kier alpha value is -2.49. The molecule has 7 rings (SSSR count). The van der Waals surface area contributed by atoms with Gasteiger partial charge in [-0.15, -0.1) is 0 Å². The number of nitrogens with zero attached hydrogens (tertiary/aromatic N) is 1. The molecule has 0 N–H and O–H groups in total. The maximum Gasteiger partial charge on any atom is 0.337 e. The molecular weight excluding hydrogens is 410 g/mol. The van der Waals surface area contributed by atoms with Gasteiger partial charge in [0.25, 0.3) is 0 Å². The molecule has 1 unspecified atom stereocenters. The Morgan fingerprint density at radius 3 is 2.30 bits per heavy atom. The van der Waals surface area contributed by atoms with Crippen LogP contribution in [0.4, 0.5) is 5.69 Å². The molecule has 2 aromatic carbocycles. The van der Waals surface area contributed by atoms with E-state index in [1.807, 2.05) is 19.2 Å². The molecule has 0 aromatic heterocycles. The quantitative estimate of drug-likeness (QED) is 0.535. The zero-order chi connectivity index (χ0) is 22.7. The average Bonchev–Trinajstić information content (AvgIpc) is 2.82. The summed E-state index contributed by atoms with van der Waals surface area (Å²) in [5.74, 6) is 3.55. The van der Waals surface area contributed by atoms with E-state index in [9.17, 15) is 4.79 Å². The van der Waals surface area contributed by atoms with Gasteiger partial charge in [0, 0.05) is 17.8 Å². The van der Waals surface area contributed by atoms with Crippen LogP contribution in [0, 0.1) is 17.8 Å². The summed E-state index contributed by atoms with van der Waals surface area (Å²) in [6.45, 7) is 3.23. The van der Waals surface area contributed by atoms with Crippen LogP contribution in [0.5, 0.6) is 5.75 Å². The number of carbonyl (C=O) groups is 1. The van der Waals surface area contributed by atoms with Crippen molar-refractivity contribution in [3.05, 3.63) is 58.7 Å². The first-order valence-corrected chi connectivity index (χ1v) is 12.7. The lowest BCUT2D eigenvalue weighted by molar-refractivity contribution is -0.00614. The summed E-state index contributed by atoms with van der Waals surface area (Å²) in [5, 5.41) is 0. The summed E-state index contributed by atoms with van der Waals surface area (Å²) in [7, 11) is 3.27. The van der Waals surface area contributed by atoms with Crippen molar-refractivity contribution in [1.29, 1.82) is 0 Å². The Morgan fingerprint density at radius 2 is 1.67 bits per heavy atom. The first kappa shape index (κ1) is 21.1. The zero-order valence-electron chi connectivity index (χ0n) is 20.1. The molecule has 2 aromatic rings. The summed E-state index contributed by atoms with van der Waals surface area (Å²) in [5.41, 5.74) is 6.28. The summed E-state index contributed by atoms with van der Waals surface area (Å²) in [4.78, 5) is 14.5. The van der Waals surface area contributed by atoms with Crippen LogP contribution in [0.15, 0.2) is 36.4 Å². The van der Waals surface area contributed by atoms with E-state index in [0.29, 0.717) is 11.0 Å². The molecule has 4 bridgehead atoms. The number of hydrogen-bond donors (Lipinski definition) is 0. The predicted molar refractivity (Wildman–Crippen MR) is 130 cm³/mol. The van der Waals surface area contributed by atoms with Crippen LogP contribution in [0.3, 0.4) is 0 Å². The van der Waals surface area contributed by atoms with Crippen molar-refractivity contribution in [2.45, 2.75) is 63.3 Å². The first-order chi connectivity index (χ1) is 16.0. The molecule has 0 spiro atoms. The molecule has 1 heterocycles. The highest BCUT2D eigenvalue weighted by molar-refractivity contribution is 5.89. The molecule has 4 nitrogen and oxygen atoms in total. The number of hydrogen-bond acceptors (Lipinski definition) is 4. The molecule has 0 amide bonds. The van der Waals surface area contributed by atoms with Crippen molar-refractivity contribution in [1.82, 2.24) is 0 Å². The normalized spacial score (nSPS) is 31.9. The number of esters is 1. The molecular formula is C29H35NO3. The van der Waals surface area contributed by atoms with Gasteiger partial charge in [-0.05, 0) is 116 Å². The van der Waals surface area contributed by atoms with Gasteiger partial charge < -0.3 is 14.4 Å². The predicted octanol–water partition coefficient (Wildman–Crippen LogP) is 6.07. The number of carbonyl (C=O) groups excluding carboxylic acids is 1. The third-order valence-corrected chi connectivity index (χ3v) is 9.23. The van der Waals surface area contributed by atoms with Crippen molar-refractivity contribution >= 4 is 11.7 Å². The number of benzene rings is 2. The maximum atomic E-state index is 12.0. The van der Waals surface area contributed by atoms with Gasteiger partial charge in [0.05, 0.1) is 25.8 Å². The molecule has 4 heteroatoms. The van der Waals surface area contributed by atoms with Crippen LogP contribution in [-0.4, -0.2) is 26.7 Å². The molecule has 0 radical (unpaired) electrons. The van der Waals surface area contributed by atoms with Gasteiger partial charge >= 0.3 is 5.97 Å². The van der Waals surface area contributed by atoms with Crippen LogP contribution in [0.25, 0.3) is 0 Å². The number of fused-ring (bicyclic) bond motifs is 1. The van der Waals surface area contributed by atoms with Gasteiger partial charge in [0.2, 0.25) is 0 Å². The van der Waals surface area contributed by atoms with Crippen LogP contribution in [0.1, 0.15) is 78.5 Å². The lowest BCUT2D eigenvalue weighted by atomic mass is 9.48. The maximum absolute atomic E-state index is 12.0. The standard InChI is InChI=1S/C29H35NO3/c1-18-25-6-4-23(28(31)33-3)13-22(25)8-9-30(18)24-5-7-27(32-2)26(14-24)29-15-19-10-20(16-29)12-21(11-19)17-29/h4-7,13-14,18-21H,8-12,15-17H2,1-3H3. The van der Waals surface area contributed by atoms with Gasteiger partial charge in [-0.2, -0.15) is 0 Å². The van der Waals surface area contributed by atoms with Crippen molar-refractivity contribution < 1.29 is 14.3 Å². The van der Waals surface area contributed by atoms with Crippen LogP contribution >= 0.6 is 0 Å². The van der Waals surface area contributed by atoms with Crippen molar-refractivity contribution in [2.24, 2.45) is 17.8 Å². The van der Waals surface area contributed by atoms with Crippen LogP contribution < -0.4 is 9.64 Å². The highest BCUT2D eigenvalue weighted by Gasteiger charge is 2.52. The fourth-order valence-corrected chi connectivity index (χ4v) is 8.16. The summed E-state index contributed by atoms with van der Waals surface area (Å²) in [6.07, 6.45) is 9.32. The Balaban J connectivity index is 1.34. The molecule has 4 aliphatic carbocycles. The van der Waals surface area contributed by atoms with E-state index in [4.69, 9.17) is 9.47 Å². The molecule has 0 saturated heterocycles. The topological polar surface area (TPSA) is 38.8 Å². The van der Waals surface area contributed by atoms with Gasteiger partial charge in [0.15, 0.2) is 0 Å². The highest BCUT2D eigenvalue weighted by Crippen LogP contribution is 2.62. The molecule has 1 aliphatic heterocycles. The monoisotopic (exact) mass is 445 g/mol. The second-order valence-electron chi connectivity index (χ2n) is 11.1. The van der Waals surface area contributed by atoms with E-state index in [1.54, 1.807) is 0 Å². The van der Waals surface area contributed by atoms with E-state index in [2.05, 4.69) is 36.1 Å². The van der Waals surface area contributed by atoms with Crippen molar-refractivity contribution in [3.8, 4) is 5.75 Å². The second-order valence-corrected chi connectivity index (χ2v) is 11.1. The smallest absolute Gasteiger partial charge is 0.337 e. The lowest BCUT2D eigenvalue weighted by Gasteiger charge is -2.57. The zero-order valence-corrected chi connectivity index (χ0v) is 20.1. The van der Waals surface area contributed by atoms with Gasteiger partial charge in [0.1, 0.15) is 5.75 Å². The minimum absolute atomic E-state index is 0.261. The Labute approximate surface area is 197 Å². The van der Waals surface area contributed by atoms with Crippen LogP contribution in [0.2, 0.25) is 0 Å². The molecule has 4 fully saturated rings. The molecule has 5 aliphatic rings. The van der Waals surface area contributed by atoms with Crippen molar-refractivity contribution in [2.75, 3.05) is 25.7 Å². The van der Waals surface area contributed by atoms with E-state index in [0.717, 1.165) is 36.5 Å². The minimum atomic E-state index is -0.261. The molecule has 33 heavy (non-hydrogen) atoms. The fraction of sp³-hybridized carbons (Fsp3) is 0.552. The third kappa shape index (κ3) is 3.36. The third-order valence-electron chi connectivity index (χ3n) is 9.23. The number of rotatable bonds is 4. The lowest BCUT2D eigenvalue weighted by Crippen LogP contribution is -2.48. The summed E-state index contributed by atoms with van der Waals surface area (Å²) < 4.78 is 10.9. The molecule has 174 valence electrons. The first-order valence-electron chi connectivity index (χ1n) is 12.7. The molecule has 1 atom stereocenters. The molecule has 4 saturated carbocycles. The fourth-order valence-electron chi connectivity index (χ4n) is 8.16. The number of ether oxygens (including phenoxy) is 2. The van der Waals surface area contributed by atoms with E-state index in [-0.39, 0.29) is 12.0 Å². The van der Waals surface area contributed by atoms with Gasteiger partial charge in [-0.1, -0.05) is 6.07 Å². The summed E-state index contributed by atoms with van der Waals surface area (Å²) >= 11 is 0. The Bertz CT molecular complexity index is 1050. The Kier molecular flexibility index (Phi) is 4.97. The van der Waals surface area contributed by atoms with Gasteiger partial charge in [-0.3, -0.25) is 0 Å². The number of methoxy groups -OCH3 is 2. The largest absolute Gasteiger partial charge is 0.496 e.